The standard InChI is InChI=1S/C17H29NO2/c1-11(2)14-15(20)18-13(19)10-17(14)9-7-6-8-12(17)16(3,4)5/h11-12,14H,6-10H2,1-5H3,(H,18,19,20). The van der Waals surface area contributed by atoms with E-state index in [1.54, 1.807) is 0 Å². The quantitative estimate of drug-likeness (QED) is 0.746. The molecule has 1 aliphatic heterocycles. The fourth-order valence-corrected chi connectivity index (χ4v) is 5.04. The largest absolute Gasteiger partial charge is 0.296 e. The van der Waals surface area contributed by atoms with Gasteiger partial charge >= 0.3 is 0 Å². The van der Waals surface area contributed by atoms with Crippen LogP contribution in [-0.2, 0) is 9.59 Å². The Morgan fingerprint density at radius 1 is 1.20 bits per heavy atom. The molecule has 2 amide bonds. The first-order chi connectivity index (χ1) is 9.18. The number of hydrogen-bond acceptors (Lipinski definition) is 2. The minimum Gasteiger partial charge on any atom is -0.296 e. The molecule has 0 aromatic heterocycles. The zero-order valence-corrected chi connectivity index (χ0v) is 13.6. The Morgan fingerprint density at radius 3 is 2.40 bits per heavy atom. The van der Waals surface area contributed by atoms with E-state index in [1.807, 2.05) is 0 Å². The molecule has 0 radical (unpaired) electrons. The third-order valence-electron chi connectivity index (χ3n) is 5.45. The van der Waals surface area contributed by atoms with Gasteiger partial charge in [0.15, 0.2) is 0 Å². The van der Waals surface area contributed by atoms with Crippen molar-refractivity contribution in [2.24, 2.45) is 28.6 Å². The number of carbonyl (C=O) groups excluding carboxylic acids is 2. The van der Waals surface area contributed by atoms with Gasteiger partial charge in [-0.3, -0.25) is 14.9 Å². The summed E-state index contributed by atoms with van der Waals surface area (Å²) in [4.78, 5) is 24.5. The smallest absolute Gasteiger partial charge is 0.230 e. The van der Waals surface area contributed by atoms with Crippen molar-refractivity contribution in [2.45, 2.75) is 66.7 Å². The molecule has 3 heteroatoms. The molecule has 20 heavy (non-hydrogen) atoms. The molecule has 1 saturated carbocycles. The average Bonchev–Trinajstić information content (AvgIpc) is 2.25. The predicted molar refractivity (Wildman–Crippen MR) is 79.9 cm³/mol. The zero-order chi connectivity index (χ0) is 15.1. The maximum Gasteiger partial charge on any atom is 0.230 e. The topological polar surface area (TPSA) is 46.2 Å². The number of hydrogen-bond donors (Lipinski definition) is 1. The Kier molecular flexibility index (Phi) is 4.01. The van der Waals surface area contributed by atoms with Gasteiger partial charge in [0.1, 0.15) is 0 Å². The summed E-state index contributed by atoms with van der Waals surface area (Å²) in [7, 11) is 0. The summed E-state index contributed by atoms with van der Waals surface area (Å²) in [6.45, 7) is 11.0. The molecule has 3 unspecified atom stereocenters. The van der Waals surface area contributed by atoms with Crippen LogP contribution in [0.5, 0.6) is 0 Å². The first-order valence-corrected chi connectivity index (χ1v) is 8.02. The van der Waals surface area contributed by atoms with Crippen molar-refractivity contribution in [3.8, 4) is 0 Å². The van der Waals surface area contributed by atoms with Gasteiger partial charge in [0, 0.05) is 12.3 Å². The maximum atomic E-state index is 12.5. The summed E-state index contributed by atoms with van der Waals surface area (Å²) in [6.07, 6.45) is 5.08. The molecule has 1 aliphatic carbocycles. The molecule has 0 bridgehead atoms. The van der Waals surface area contributed by atoms with Crippen LogP contribution < -0.4 is 5.32 Å². The Bertz CT molecular complexity index is 408. The molecule has 114 valence electrons. The van der Waals surface area contributed by atoms with E-state index in [-0.39, 0.29) is 34.5 Å². The Labute approximate surface area is 122 Å². The molecular weight excluding hydrogens is 250 g/mol. The van der Waals surface area contributed by atoms with Crippen LogP contribution in [-0.4, -0.2) is 11.8 Å². The lowest BCUT2D eigenvalue weighted by Gasteiger charge is -2.56. The lowest BCUT2D eigenvalue weighted by Crippen LogP contribution is -2.59. The van der Waals surface area contributed by atoms with Gasteiger partial charge < -0.3 is 0 Å². The normalized spacial score (nSPS) is 35.5. The van der Waals surface area contributed by atoms with E-state index in [2.05, 4.69) is 39.9 Å². The van der Waals surface area contributed by atoms with Gasteiger partial charge in [-0.05, 0) is 35.5 Å². The van der Waals surface area contributed by atoms with Gasteiger partial charge in [0.2, 0.25) is 11.8 Å². The highest BCUT2D eigenvalue weighted by atomic mass is 16.2. The first-order valence-electron chi connectivity index (χ1n) is 8.02. The molecule has 1 heterocycles. The molecular formula is C17H29NO2. The number of amides is 2. The number of piperidine rings is 1. The molecule has 2 rings (SSSR count). The van der Waals surface area contributed by atoms with E-state index in [0.717, 1.165) is 19.3 Å². The SMILES string of the molecule is CC(C)C1C(=O)NC(=O)CC12CCCCC2C(C)(C)C. The van der Waals surface area contributed by atoms with Gasteiger partial charge in [-0.25, -0.2) is 0 Å². The summed E-state index contributed by atoms with van der Waals surface area (Å²) >= 11 is 0. The van der Waals surface area contributed by atoms with E-state index < -0.39 is 0 Å². The third kappa shape index (κ3) is 2.51. The van der Waals surface area contributed by atoms with Crippen molar-refractivity contribution in [1.29, 1.82) is 0 Å². The molecule has 0 aromatic rings. The van der Waals surface area contributed by atoms with Gasteiger partial charge in [0.25, 0.3) is 0 Å². The molecule has 3 atom stereocenters. The van der Waals surface area contributed by atoms with Crippen molar-refractivity contribution in [1.82, 2.24) is 5.32 Å². The number of rotatable bonds is 1. The van der Waals surface area contributed by atoms with Gasteiger partial charge in [-0.15, -0.1) is 0 Å². The Hall–Kier alpha value is -0.860. The second-order valence-electron chi connectivity index (χ2n) is 8.21. The second kappa shape index (κ2) is 5.16. The molecule has 2 aliphatic rings. The van der Waals surface area contributed by atoms with Crippen LogP contribution in [0.1, 0.15) is 66.7 Å². The fourth-order valence-electron chi connectivity index (χ4n) is 5.04. The van der Waals surface area contributed by atoms with Crippen molar-refractivity contribution in [3.05, 3.63) is 0 Å². The van der Waals surface area contributed by atoms with Crippen LogP contribution in [0.4, 0.5) is 0 Å². The molecule has 1 spiro atoms. The second-order valence-corrected chi connectivity index (χ2v) is 8.21. The summed E-state index contributed by atoms with van der Waals surface area (Å²) < 4.78 is 0. The first kappa shape index (κ1) is 15.5. The molecule has 1 N–H and O–H groups in total. The van der Waals surface area contributed by atoms with Gasteiger partial charge in [-0.2, -0.15) is 0 Å². The lowest BCUT2D eigenvalue weighted by atomic mass is 9.49. The molecule has 1 saturated heterocycles. The fraction of sp³-hybridized carbons (Fsp3) is 0.882. The van der Waals surface area contributed by atoms with Crippen LogP contribution in [0.25, 0.3) is 0 Å². The Balaban J connectivity index is 2.49. The molecule has 2 fully saturated rings. The number of imide groups is 1. The summed E-state index contributed by atoms with van der Waals surface area (Å²) in [5.41, 5.74) is 0.0234. The van der Waals surface area contributed by atoms with Crippen molar-refractivity contribution >= 4 is 11.8 Å². The maximum absolute atomic E-state index is 12.5. The minimum absolute atomic E-state index is 0.0234. The van der Waals surface area contributed by atoms with Crippen LogP contribution in [0.3, 0.4) is 0 Å². The van der Waals surface area contributed by atoms with Crippen molar-refractivity contribution < 1.29 is 9.59 Å². The predicted octanol–water partition coefficient (Wildman–Crippen LogP) is 3.53. The Morgan fingerprint density at radius 2 is 1.85 bits per heavy atom. The average molecular weight is 279 g/mol. The number of nitrogens with one attached hydrogen (secondary N) is 1. The molecule has 3 nitrogen and oxygen atoms in total. The van der Waals surface area contributed by atoms with Crippen LogP contribution >= 0.6 is 0 Å². The highest BCUT2D eigenvalue weighted by molar-refractivity contribution is 6.00. The van der Waals surface area contributed by atoms with Crippen molar-refractivity contribution in [3.63, 3.8) is 0 Å². The highest BCUT2D eigenvalue weighted by Gasteiger charge is 2.56. The van der Waals surface area contributed by atoms with Crippen LogP contribution in [0.2, 0.25) is 0 Å². The summed E-state index contributed by atoms with van der Waals surface area (Å²) in [5, 5.41) is 2.58. The van der Waals surface area contributed by atoms with E-state index in [1.165, 1.54) is 6.42 Å². The lowest BCUT2D eigenvalue weighted by molar-refractivity contribution is -0.156. The van der Waals surface area contributed by atoms with Crippen LogP contribution in [0.15, 0.2) is 0 Å². The zero-order valence-electron chi connectivity index (χ0n) is 13.6. The monoisotopic (exact) mass is 279 g/mol. The van der Waals surface area contributed by atoms with Gasteiger partial charge in [0.05, 0.1) is 0 Å². The third-order valence-corrected chi connectivity index (χ3v) is 5.45. The highest BCUT2D eigenvalue weighted by Crippen LogP contribution is 2.58. The minimum atomic E-state index is -0.121. The van der Waals surface area contributed by atoms with E-state index >= 15 is 0 Å². The van der Waals surface area contributed by atoms with E-state index in [0.29, 0.717) is 12.3 Å². The summed E-state index contributed by atoms with van der Waals surface area (Å²) in [5.74, 6) is 0.609. The molecule has 0 aromatic carbocycles. The van der Waals surface area contributed by atoms with E-state index in [4.69, 9.17) is 0 Å². The summed E-state index contributed by atoms with van der Waals surface area (Å²) in [6, 6.07) is 0. The van der Waals surface area contributed by atoms with Gasteiger partial charge in [-0.1, -0.05) is 47.5 Å². The van der Waals surface area contributed by atoms with Crippen LogP contribution in [0, 0.1) is 28.6 Å². The van der Waals surface area contributed by atoms with Crippen molar-refractivity contribution in [2.75, 3.05) is 0 Å². The number of carbonyl (C=O) groups is 2. The van der Waals surface area contributed by atoms with E-state index in [9.17, 15) is 9.59 Å².